The summed E-state index contributed by atoms with van der Waals surface area (Å²) >= 11 is 2.04. The van der Waals surface area contributed by atoms with Crippen molar-refractivity contribution >= 4 is 28.6 Å². The van der Waals surface area contributed by atoms with Crippen molar-refractivity contribution < 1.29 is 9.90 Å². The fourth-order valence-corrected chi connectivity index (χ4v) is 2.20. The summed E-state index contributed by atoms with van der Waals surface area (Å²) in [5, 5.41) is 17.5. The molecule has 1 aromatic carbocycles. The number of carbonyl (C=O) groups is 1. The molecule has 0 saturated carbocycles. The molecule has 0 unspecified atom stereocenters. The van der Waals surface area contributed by atoms with Crippen LogP contribution in [0, 0.1) is 21.8 Å². The van der Waals surface area contributed by atoms with E-state index in [1.807, 2.05) is 41.7 Å². The summed E-state index contributed by atoms with van der Waals surface area (Å²) in [6.07, 6.45) is -0.0967. The maximum atomic E-state index is 10.5. The largest absolute Gasteiger partial charge is 0.481 e. The predicted octanol–water partition coefficient (Wildman–Crippen LogP) is 2.10. The minimum absolute atomic E-state index is 0.0967. The number of aryl methyl sites for hydroxylation is 1. The lowest BCUT2D eigenvalue weighted by atomic mass is 10.0. The van der Waals surface area contributed by atoms with Gasteiger partial charge in [0.2, 0.25) is 0 Å². The second kappa shape index (κ2) is 4.42. The second-order valence-electron chi connectivity index (χ2n) is 2.96. The minimum atomic E-state index is -0.914. The van der Waals surface area contributed by atoms with Crippen molar-refractivity contribution in [2.75, 3.05) is 0 Å². The van der Waals surface area contributed by atoms with Crippen LogP contribution < -0.4 is 0 Å². The van der Waals surface area contributed by atoms with Gasteiger partial charge >= 0.3 is 5.97 Å². The summed E-state index contributed by atoms with van der Waals surface area (Å²) in [5.41, 5.74) is 2.03. The van der Waals surface area contributed by atoms with Gasteiger partial charge in [0.1, 0.15) is 6.07 Å². The quantitative estimate of drug-likeness (QED) is 0.851. The Kier molecular flexibility index (Phi) is 3.47. The van der Waals surface area contributed by atoms with Gasteiger partial charge in [0.15, 0.2) is 0 Å². The molecule has 72 valence electrons. The zero-order valence-electron chi connectivity index (χ0n) is 7.54. The third kappa shape index (κ3) is 2.45. The molecule has 0 aliphatic heterocycles. The van der Waals surface area contributed by atoms with E-state index in [-0.39, 0.29) is 6.42 Å². The van der Waals surface area contributed by atoms with Crippen LogP contribution >= 0.6 is 22.6 Å². The lowest BCUT2D eigenvalue weighted by molar-refractivity contribution is -0.136. The van der Waals surface area contributed by atoms with Crippen molar-refractivity contribution in [3.63, 3.8) is 0 Å². The van der Waals surface area contributed by atoms with E-state index in [9.17, 15) is 4.79 Å². The summed E-state index contributed by atoms with van der Waals surface area (Å²) in [4.78, 5) is 10.5. The van der Waals surface area contributed by atoms with E-state index in [2.05, 4.69) is 0 Å². The van der Waals surface area contributed by atoms with E-state index in [0.717, 1.165) is 9.13 Å². The molecule has 0 aliphatic rings. The van der Waals surface area contributed by atoms with Crippen LogP contribution in [0.5, 0.6) is 0 Å². The fraction of sp³-hybridized carbons (Fsp3) is 0.200. The third-order valence-electron chi connectivity index (χ3n) is 1.77. The van der Waals surface area contributed by atoms with Crippen LogP contribution in [0.2, 0.25) is 0 Å². The smallest absolute Gasteiger partial charge is 0.307 e. The predicted molar refractivity (Wildman–Crippen MR) is 60.0 cm³/mol. The summed E-state index contributed by atoms with van der Waals surface area (Å²) in [7, 11) is 0. The molecule has 0 fully saturated rings. The molecule has 0 radical (unpaired) electrons. The van der Waals surface area contributed by atoms with Gasteiger partial charge in [-0.3, -0.25) is 4.79 Å². The first-order chi connectivity index (χ1) is 6.54. The van der Waals surface area contributed by atoms with Crippen LogP contribution in [-0.2, 0) is 11.2 Å². The number of rotatable bonds is 2. The average Bonchev–Trinajstić information content (AvgIpc) is 2.01. The van der Waals surface area contributed by atoms with Crippen LogP contribution in [0.4, 0.5) is 0 Å². The van der Waals surface area contributed by atoms with Gasteiger partial charge in [-0.25, -0.2) is 0 Å². The molecule has 0 amide bonds. The molecule has 0 saturated heterocycles. The Morgan fingerprint density at radius 1 is 1.64 bits per heavy atom. The second-order valence-corrected chi connectivity index (χ2v) is 4.13. The molecule has 1 N–H and O–H groups in total. The van der Waals surface area contributed by atoms with Gasteiger partial charge in [0, 0.05) is 3.57 Å². The molecule has 0 bridgehead atoms. The highest BCUT2D eigenvalue weighted by Crippen LogP contribution is 2.19. The van der Waals surface area contributed by atoms with E-state index in [1.54, 1.807) is 6.07 Å². The summed E-state index contributed by atoms with van der Waals surface area (Å²) in [6, 6.07) is 5.64. The lowest BCUT2D eigenvalue weighted by Crippen LogP contribution is -2.04. The van der Waals surface area contributed by atoms with Crippen LogP contribution in [0.1, 0.15) is 16.7 Å². The maximum absolute atomic E-state index is 10.5. The SMILES string of the molecule is Cc1cc(I)c(C#N)c(CC(=O)O)c1. The first kappa shape index (κ1) is 11.0. The Morgan fingerprint density at radius 2 is 2.29 bits per heavy atom. The highest BCUT2D eigenvalue weighted by atomic mass is 127. The fourth-order valence-electron chi connectivity index (χ4n) is 1.24. The van der Waals surface area contributed by atoms with E-state index >= 15 is 0 Å². The molecule has 1 rings (SSSR count). The molecule has 1 aromatic rings. The maximum Gasteiger partial charge on any atom is 0.307 e. The lowest BCUT2D eigenvalue weighted by Gasteiger charge is -2.04. The summed E-state index contributed by atoms with van der Waals surface area (Å²) < 4.78 is 0.807. The molecule has 0 atom stereocenters. The van der Waals surface area contributed by atoms with Gasteiger partial charge in [-0.05, 0) is 46.7 Å². The molecule has 0 heterocycles. The normalized spacial score (nSPS) is 9.50. The molecular weight excluding hydrogens is 293 g/mol. The van der Waals surface area contributed by atoms with Crippen molar-refractivity contribution in [1.29, 1.82) is 5.26 Å². The Labute approximate surface area is 95.5 Å². The molecule has 14 heavy (non-hydrogen) atoms. The van der Waals surface area contributed by atoms with Crippen molar-refractivity contribution in [2.45, 2.75) is 13.3 Å². The van der Waals surface area contributed by atoms with Crippen LogP contribution in [0.25, 0.3) is 0 Å². The van der Waals surface area contributed by atoms with E-state index in [4.69, 9.17) is 10.4 Å². The van der Waals surface area contributed by atoms with Crippen molar-refractivity contribution in [1.82, 2.24) is 0 Å². The molecule has 3 nitrogen and oxygen atoms in total. The molecule has 0 aromatic heterocycles. The molecule has 4 heteroatoms. The number of nitrogens with zero attached hydrogens (tertiary/aromatic N) is 1. The van der Waals surface area contributed by atoms with Gasteiger partial charge in [-0.1, -0.05) is 6.07 Å². The van der Waals surface area contributed by atoms with E-state index in [0.29, 0.717) is 11.1 Å². The zero-order chi connectivity index (χ0) is 10.7. The van der Waals surface area contributed by atoms with Crippen LogP contribution in [0.15, 0.2) is 12.1 Å². The summed E-state index contributed by atoms with van der Waals surface area (Å²) in [6.45, 7) is 1.88. The van der Waals surface area contributed by atoms with E-state index < -0.39 is 5.97 Å². The van der Waals surface area contributed by atoms with E-state index in [1.165, 1.54) is 0 Å². The van der Waals surface area contributed by atoms with Crippen LogP contribution in [0.3, 0.4) is 0 Å². The number of carboxylic acids is 1. The van der Waals surface area contributed by atoms with Crippen LogP contribution in [-0.4, -0.2) is 11.1 Å². The summed E-state index contributed by atoms with van der Waals surface area (Å²) in [5.74, 6) is -0.914. The third-order valence-corrected chi connectivity index (χ3v) is 2.62. The Bertz CT molecular complexity index is 421. The Hall–Kier alpha value is -1.09. The number of hydrogen-bond donors (Lipinski definition) is 1. The molecule has 0 aliphatic carbocycles. The van der Waals surface area contributed by atoms with Gasteiger partial charge in [-0.15, -0.1) is 0 Å². The minimum Gasteiger partial charge on any atom is -0.481 e. The van der Waals surface area contributed by atoms with Gasteiger partial charge in [-0.2, -0.15) is 5.26 Å². The highest BCUT2D eigenvalue weighted by molar-refractivity contribution is 14.1. The topological polar surface area (TPSA) is 61.1 Å². The number of carboxylic acid groups (broad SMARTS) is 1. The Balaban J connectivity index is 3.26. The zero-order valence-corrected chi connectivity index (χ0v) is 9.70. The average molecular weight is 301 g/mol. The first-order valence-electron chi connectivity index (χ1n) is 3.95. The first-order valence-corrected chi connectivity index (χ1v) is 5.03. The molecular formula is C10H8INO2. The number of aliphatic carboxylic acids is 1. The standard InChI is InChI=1S/C10H8INO2/c1-6-2-7(4-10(13)14)8(5-12)9(11)3-6/h2-3H,4H2,1H3,(H,13,14). The van der Waals surface area contributed by atoms with Gasteiger partial charge < -0.3 is 5.11 Å². The monoisotopic (exact) mass is 301 g/mol. The number of nitriles is 1. The Morgan fingerprint density at radius 3 is 2.79 bits per heavy atom. The number of halogens is 1. The van der Waals surface area contributed by atoms with Gasteiger partial charge in [0.05, 0.1) is 12.0 Å². The van der Waals surface area contributed by atoms with Crippen molar-refractivity contribution in [2.24, 2.45) is 0 Å². The number of benzene rings is 1. The van der Waals surface area contributed by atoms with Gasteiger partial charge in [0.25, 0.3) is 0 Å². The molecule has 0 spiro atoms. The highest BCUT2D eigenvalue weighted by Gasteiger charge is 2.10. The van der Waals surface area contributed by atoms with Crippen molar-refractivity contribution in [3.05, 3.63) is 32.4 Å². The number of hydrogen-bond acceptors (Lipinski definition) is 2. The van der Waals surface area contributed by atoms with Crippen molar-refractivity contribution in [3.8, 4) is 6.07 Å².